The molecule has 5 nitrogen and oxygen atoms in total. The minimum atomic E-state index is -0.106. The molecule has 5 heteroatoms. The number of ether oxygens (including phenoxy) is 1. The smallest absolute Gasteiger partial charge is 0.258 e. The summed E-state index contributed by atoms with van der Waals surface area (Å²) in [5.74, 6) is 0.495. The number of rotatable bonds is 7. The first-order valence-corrected chi connectivity index (χ1v) is 9.85. The maximum atomic E-state index is 12.2. The minimum absolute atomic E-state index is 0.0113. The SMILES string of the molecule is CC(=O)c1ccc(OCC(=O)NC2CCN(C(C)c3ccccc3)CC2)cc1. The average molecular weight is 380 g/mol. The van der Waals surface area contributed by atoms with Crippen LogP contribution in [0.2, 0.25) is 0 Å². The molecule has 0 aromatic heterocycles. The molecule has 0 saturated carbocycles. The third-order valence-electron chi connectivity index (χ3n) is 5.36. The Labute approximate surface area is 166 Å². The van der Waals surface area contributed by atoms with E-state index < -0.39 is 0 Å². The number of Topliss-reactive ketones (excluding diaryl/α,β-unsaturated/α-hetero) is 1. The van der Waals surface area contributed by atoms with E-state index in [-0.39, 0.29) is 24.3 Å². The van der Waals surface area contributed by atoms with Gasteiger partial charge in [0.25, 0.3) is 5.91 Å². The van der Waals surface area contributed by atoms with Crippen LogP contribution in [0.15, 0.2) is 54.6 Å². The van der Waals surface area contributed by atoms with E-state index >= 15 is 0 Å². The highest BCUT2D eigenvalue weighted by molar-refractivity contribution is 5.94. The highest BCUT2D eigenvalue weighted by Gasteiger charge is 2.24. The molecule has 1 fully saturated rings. The molecule has 1 atom stereocenters. The molecule has 0 bridgehead atoms. The number of hydrogen-bond acceptors (Lipinski definition) is 4. The predicted octanol–water partition coefficient (Wildman–Crippen LogP) is 3.61. The first-order chi connectivity index (χ1) is 13.5. The van der Waals surface area contributed by atoms with Crippen LogP contribution in [0.1, 0.15) is 48.7 Å². The van der Waals surface area contributed by atoms with Crippen LogP contribution in [-0.4, -0.2) is 42.3 Å². The van der Waals surface area contributed by atoms with Gasteiger partial charge in [0.15, 0.2) is 12.4 Å². The molecule has 148 valence electrons. The standard InChI is InChI=1S/C23H28N2O3/c1-17(19-6-4-3-5-7-19)25-14-12-21(13-15-25)24-23(27)16-28-22-10-8-20(9-11-22)18(2)26/h3-11,17,21H,12-16H2,1-2H3,(H,24,27). The van der Waals surface area contributed by atoms with E-state index in [4.69, 9.17) is 4.74 Å². The van der Waals surface area contributed by atoms with E-state index in [1.165, 1.54) is 12.5 Å². The molecule has 1 saturated heterocycles. The van der Waals surface area contributed by atoms with Crippen molar-refractivity contribution in [2.45, 2.75) is 38.8 Å². The number of piperidine rings is 1. The molecular weight excluding hydrogens is 352 g/mol. The van der Waals surface area contributed by atoms with E-state index in [0.717, 1.165) is 25.9 Å². The van der Waals surface area contributed by atoms with Crippen LogP contribution in [0.4, 0.5) is 0 Å². The molecule has 1 aliphatic rings. The van der Waals surface area contributed by atoms with Gasteiger partial charge in [-0.15, -0.1) is 0 Å². The normalized spacial score (nSPS) is 16.4. The fourth-order valence-corrected chi connectivity index (χ4v) is 3.58. The molecule has 1 amide bonds. The lowest BCUT2D eigenvalue weighted by atomic mass is 10.00. The summed E-state index contributed by atoms with van der Waals surface area (Å²) < 4.78 is 5.53. The van der Waals surface area contributed by atoms with E-state index in [0.29, 0.717) is 17.4 Å². The fraction of sp³-hybridized carbons (Fsp3) is 0.391. The maximum Gasteiger partial charge on any atom is 0.258 e. The zero-order valence-corrected chi connectivity index (χ0v) is 16.6. The molecule has 2 aromatic carbocycles. The van der Waals surface area contributed by atoms with Crippen molar-refractivity contribution in [1.29, 1.82) is 0 Å². The Balaban J connectivity index is 1.40. The molecule has 2 aromatic rings. The zero-order chi connectivity index (χ0) is 19.9. The first kappa shape index (κ1) is 20.1. The third-order valence-corrected chi connectivity index (χ3v) is 5.36. The Bertz CT molecular complexity index is 781. The average Bonchev–Trinajstić information content (AvgIpc) is 2.73. The molecule has 1 aliphatic heterocycles. The second-order valence-corrected chi connectivity index (χ2v) is 7.33. The van der Waals surface area contributed by atoms with Gasteiger partial charge in [-0.3, -0.25) is 14.5 Å². The van der Waals surface area contributed by atoms with Gasteiger partial charge in [-0.25, -0.2) is 0 Å². The van der Waals surface area contributed by atoms with Gasteiger partial charge in [0, 0.05) is 30.7 Å². The van der Waals surface area contributed by atoms with E-state index in [9.17, 15) is 9.59 Å². The maximum absolute atomic E-state index is 12.2. The molecule has 28 heavy (non-hydrogen) atoms. The van der Waals surface area contributed by atoms with Crippen molar-refractivity contribution in [2.24, 2.45) is 0 Å². The van der Waals surface area contributed by atoms with Crippen molar-refractivity contribution in [3.8, 4) is 5.75 Å². The number of likely N-dealkylation sites (tertiary alicyclic amines) is 1. The Hall–Kier alpha value is -2.66. The van der Waals surface area contributed by atoms with Gasteiger partial charge in [-0.05, 0) is 56.5 Å². The van der Waals surface area contributed by atoms with Gasteiger partial charge in [0.1, 0.15) is 5.75 Å². The molecule has 3 rings (SSSR count). The number of benzene rings is 2. The highest BCUT2D eigenvalue weighted by Crippen LogP contribution is 2.24. The molecule has 0 radical (unpaired) electrons. The molecule has 1 N–H and O–H groups in total. The Morgan fingerprint density at radius 2 is 1.71 bits per heavy atom. The molecule has 1 heterocycles. The molecule has 0 spiro atoms. The first-order valence-electron chi connectivity index (χ1n) is 9.85. The summed E-state index contributed by atoms with van der Waals surface area (Å²) in [6.45, 7) is 5.68. The predicted molar refractivity (Wildman–Crippen MR) is 110 cm³/mol. The second kappa shape index (κ2) is 9.51. The second-order valence-electron chi connectivity index (χ2n) is 7.33. The number of carbonyl (C=O) groups excluding carboxylic acids is 2. The van der Waals surface area contributed by atoms with E-state index in [2.05, 4.69) is 41.4 Å². The monoisotopic (exact) mass is 380 g/mol. The van der Waals surface area contributed by atoms with Gasteiger partial charge in [0.05, 0.1) is 0 Å². The van der Waals surface area contributed by atoms with Gasteiger partial charge >= 0.3 is 0 Å². The van der Waals surface area contributed by atoms with Gasteiger partial charge in [-0.1, -0.05) is 30.3 Å². The van der Waals surface area contributed by atoms with Gasteiger partial charge in [-0.2, -0.15) is 0 Å². The summed E-state index contributed by atoms with van der Waals surface area (Å²) in [4.78, 5) is 25.9. The summed E-state index contributed by atoms with van der Waals surface area (Å²) in [5, 5.41) is 3.07. The van der Waals surface area contributed by atoms with Crippen molar-refractivity contribution in [1.82, 2.24) is 10.2 Å². The number of nitrogens with one attached hydrogen (secondary N) is 1. The summed E-state index contributed by atoms with van der Waals surface area (Å²) in [6.07, 6.45) is 1.88. The summed E-state index contributed by atoms with van der Waals surface area (Å²) in [5.41, 5.74) is 1.96. The Kier molecular flexibility index (Phi) is 6.82. The van der Waals surface area contributed by atoms with Crippen molar-refractivity contribution in [3.63, 3.8) is 0 Å². The number of hydrogen-bond donors (Lipinski definition) is 1. The summed E-state index contributed by atoms with van der Waals surface area (Å²) in [7, 11) is 0. The van der Waals surface area contributed by atoms with E-state index in [1.807, 2.05) is 6.07 Å². The lowest BCUT2D eigenvalue weighted by Crippen LogP contribution is -2.46. The van der Waals surface area contributed by atoms with Crippen LogP contribution in [0, 0.1) is 0 Å². The minimum Gasteiger partial charge on any atom is -0.484 e. The van der Waals surface area contributed by atoms with Crippen molar-refractivity contribution < 1.29 is 14.3 Å². The van der Waals surface area contributed by atoms with Crippen LogP contribution in [-0.2, 0) is 4.79 Å². The number of amides is 1. The fourth-order valence-electron chi connectivity index (χ4n) is 3.58. The summed E-state index contributed by atoms with van der Waals surface area (Å²) >= 11 is 0. The van der Waals surface area contributed by atoms with Crippen molar-refractivity contribution in [3.05, 3.63) is 65.7 Å². The van der Waals surface area contributed by atoms with Gasteiger partial charge in [0.2, 0.25) is 0 Å². The lowest BCUT2D eigenvalue weighted by Gasteiger charge is -2.36. The number of nitrogens with zero attached hydrogens (tertiary/aromatic N) is 1. The van der Waals surface area contributed by atoms with Crippen molar-refractivity contribution in [2.75, 3.05) is 19.7 Å². The van der Waals surface area contributed by atoms with Crippen LogP contribution < -0.4 is 10.1 Å². The van der Waals surface area contributed by atoms with Crippen LogP contribution >= 0.6 is 0 Å². The van der Waals surface area contributed by atoms with Gasteiger partial charge < -0.3 is 10.1 Å². The van der Waals surface area contributed by atoms with E-state index in [1.54, 1.807) is 24.3 Å². The van der Waals surface area contributed by atoms with Crippen LogP contribution in [0.3, 0.4) is 0 Å². The molecule has 0 aliphatic carbocycles. The molecule has 1 unspecified atom stereocenters. The lowest BCUT2D eigenvalue weighted by molar-refractivity contribution is -0.124. The Morgan fingerprint density at radius 1 is 1.07 bits per heavy atom. The van der Waals surface area contributed by atoms with Crippen LogP contribution in [0.5, 0.6) is 5.75 Å². The Morgan fingerprint density at radius 3 is 2.32 bits per heavy atom. The highest BCUT2D eigenvalue weighted by atomic mass is 16.5. The molecular formula is C23H28N2O3. The quantitative estimate of drug-likeness (QED) is 0.746. The number of ketones is 1. The third kappa shape index (κ3) is 5.42. The topological polar surface area (TPSA) is 58.6 Å². The number of carbonyl (C=O) groups is 2. The zero-order valence-electron chi connectivity index (χ0n) is 16.6. The van der Waals surface area contributed by atoms with Crippen molar-refractivity contribution >= 4 is 11.7 Å². The largest absolute Gasteiger partial charge is 0.484 e. The van der Waals surface area contributed by atoms with Crippen LogP contribution in [0.25, 0.3) is 0 Å². The summed E-state index contributed by atoms with van der Waals surface area (Å²) in [6, 6.07) is 17.9.